The molecule has 1 saturated carbocycles. The summed E-state index contributed by atoms with van der Waals surface area (Å²) in [6.07, 6.45) is 4.23. The molecule has 128 valence electrons. The van der Waals surface area contributed by atoms with Crippen molar-refractivity contribution >= 4 is 11.6 Å². The lowest BCUT2D eigenvalue weighted by Crippen LogP contribution is -2.57. The van der Waals surface area contributed by atoms with Crippen molar-refractivity contribution < 1.29 is 18.8 Å². The first-order valence-corrected chi connectivity index (χ1v) is 8.63. The zero-order chi connectivity index (χ0) is 16.5. The number of hydrogen-bond donors (Lipinski definition) is 0. The Morgan fingerprint density at radius 2 is 2.17 bits per heavy atom. The van der Waals surface area contributed by atoms with Crippen LogP contribution in [-0.4, -0.2) is 47.9 Å². The van der Waals surface area contributed by atoms with Crippen molar-refractivity contribution in [1.29, 1.82) is 0 Å². The first-order chi connectivity index (χ1) is 11.7. The van der Waals surface area contributed by atoms with E-state index in [1.807, 2.05) is 4.90 Å². The van der Waals surface area contributed by atoms with Crippen LogP contribution in [0.5, 0.6) is 0 Å². The van der Waals surface area contributed by atoms with E-state index >= 15 is 0 Å². The maximum absolute atomic E-state index is 13.4. The minimum absolute atomic E-state index is 0.0228. The smallest absolute Gasteiger partial charge is 0.267 e. The number of nitrogens with zero attached hydrogens (tertiary/aromatic N) is 2. The van der Waals surface area contributed by atoms with Gasteiger partial charge in [-0.1, -0.05) is 30.1 Å². The molecule has 1 amide bonds. The second-order valence-electron chi connectivity index (χ2n) is 6.64. The number of halogens is 1. The van der Waals surface area contributed by atoms with Crippen molar-refractivity contribution in [2.75, 3.05) is 13.2 Å². The van der Waals surface area contributed by atoms with Gasteiger partial charge in [-0.25, -0.2) is 4.39 Å². The number of oxime groups is 1. The Bertz CT molecular complexity index is 661. The highest BCUT2D eigenvalue weighted by Crippen LogP contribution is 2.30. The van der Waals surface area contributed by atoms with Crippen LogP contribution in [0.4, 0.5) is 4.39 Å². The standard InChI is InChI=1S/C18H21FN2O3/c19-13-5-3-4-12(10-13)14-11-17(24-20-14)18(22)21-8-9-23-16-7-2-1-6-15(16)21/h3-5,10,15-17H,1-2,6-9,11H2/t15-,16-,17+/m1/s1. The highest BCUT2D eigenvalue weighted by molar-refractivity contribution is 6.04. The molecule has 0 spiro atoms. The molecule has 3 atom stereocenters. The molecule has 2 heterocycles. The van der Waals surface area contributed by atoms with Crippen molar-refractivity contribution in [1.82, 2.24) is 4.90 Å². The van der Waals surface area contributed by atoms with Crippen molar-refractivity contribution in [2.45, 2.75) is 50.4 Å². The maximum atomic E-state index is 13.4. The van der Waals surface area contributed by atoms with E-state index in [1.54, 1.807) is 12.1 Å². The van der Waals surface area contributed by atoms with Gasteiger partial charge in [0.2, 0.25) is 6.10 Å². The molecule has 0 bridgehead atoms. The SMILES string of the molecule is O=C([C@@H]1CC(c2cccc(F)c2)=NO1)N1CCO[C@@H]2CCCC[C@H]21. The van der Waals surface area contributed by atoms with Crippen molar-refractivity contribution in [3.05, 3.63) is 35.6 Å². The molecule has 2 fully saturated rings. The number of carbonyl (C=O) groups excluding carboxylic acids is 1. The second kappa shape index (κ2) is 6.51. The number of rotatable bonds is 2. The molecule has 2 aliphatic heterocycles. The molecule has 0 unspecified atom stereocenters. The zero-order valence-corrected chi connectivity index (χ0v) is 13.5. The Hall–Kier alpha value is -1.95. The minimum Gasteiger partial charge on any atom is -0.382 e. The van der Waals surface area contributed by atoms with E-state index in [9.17, 15) is 9.18 Å². The molecule has 5 nitrogen and oxygen atoms in total. The van der Waals surface area contributed by atoms with Gasteiger partial charge < -0.3 is 14.5 Å². The third kappa shape index (κ3) is 2.90. The van der Waals surface area contributed by atoms with Gasteiger partial charge in [0.05, 0.1) is 24.5 Å². The molecule has 24 heavy (non-hydrogen) atoms. The fourth-order valence-corrected chi connectivity index (χ4v) is 3.90. The van der Waals surface area contributed by atoms with Crippen LogP contribution in [0.1, 0.15) is 37.7 Å². The lowest BCUT2D eigenvalue weighted by atomic mass is 9.89. The van der Waals surface area contributed by atoms with Crippen LogP contribution in [0, 0.1) is 5.82 Å². The van der Waals surface area contributed by atoms with E-state index in [0.29, 0.717) is 30.8 Å². The second-order valence-corrected chi connectivity index (χ2v) is 6.64. The van der Waals surface area contributed by atoms with E-state index < -0.39 is 6.10 Å². The molecule has 3 aliphatic rings. The summed E-state index contributed by atoms with van der Waals surface area (Å²) in [5.41, 5.74) is 1.30. The summed E-state index contributed by atoms with van der Waals surface area (Å²) in [5.74, 6) is -0.339. The van der Waals surface area contributed by atoms with Crippen LogP contribution < -0.4 is 0 Å². The van der Waals surface area contributed by atoms with E-state index in [4.69, 9.17) is 9.57 Å². The Labute approximate surface area is 140 Å². The van der Waals surface area contributed by atoms with Gasteiger partial charge in [0, 0.05) is 18.5 Å². The molecular formula is C18H21FN2O3. The quantitative estimate of drug-likeness (QED) is 0.836. The van der Waals surface area contributed by atoms with E-state index in [2.05, 4.69) is 5.16 Å². The van der Waals surface area contributed by atoms with Crippen LogP contribution in [0.25, 0.3) is 0 Å². The highest BCUT2D eigenvalue weighted by Gasteiger charge is 2.41. The largest absolute Gasteiger partial charge is 0.382 e. The zero-order valence-electron chi connectivity index (χ0n) is 13.5. The minimum atomic E-state index is -0.607. The summed E-state index contributed by atoms with van der Waals surface area (Å²) in [6, 6.07) is 6.38. The summed E-state index contributed by atoms with van der Waals surface area (Å²) >= 11 is 0. The predicted molar refractivity (Wildman–Crippen MR) is 86.1 cm³/mol. The number of ether oxygens (including phenoxy) is 1. The van der Waals surface area contributed by atoms with Gasteiger partial charge in [0.15, 0.2) is 0 Å². The van der Waals surface area contributed by atoms with E-state index in [1.165, 1.54) is 12.1 Å². The first kappa shape index (κ1) is 15.6. The molecular weight excluding hydrogens is 311 g/mol. The van der Waals surface area contributed by atoms with Crippen LogP contribution in [-0.2, 0) is 14.4 Å². The lowest BCUT2D eigenvalue weighted by molar-refractivity contribution is -0.159. The van der Waals surface area contributed by atoms with Crippen LogP contribution in [0.2, 0.25) is 0 Å². The fourth-order valence-electron chi connectivity index (χ4n) is 3.90. The van der Waals surface area contributed by atoms with Gasteiger partial charge in [0.25, 0.3) is 5.91 Å². The van der Waals surface area contributed by atoms with E-state index in [-0.39, 0.29) is 23.9 Å². The van der Waals surface area contributed by atoms with Crippen molar-refractivity contribution in [3.8, 4) is 0 Å². The summed E-state index contributed by atoms with van der Waals surface area (Å²) < 4.78 is 19.2. The Morgan fingerprint density at radius 1 is 1.29 bits per heavy atom. The molecule has 1 aromatic rings. The van der Waals surface area contributed by atoms with Gasteiger partial charge in [-0.2, -0.15) is 0 Å². The average molecular weight is 332 g/mol. The number of fused-ring (bicyclic) bond motifs is 1. The van der Waals surface area contributed by atoms with Gasteiger partial charge in [-0.15, -0.1) is 0 Å². The topological polar surface area (TPSA) is 51.1 Å². The molecule has 1 aliphatic carbocycles. The molecule has 1 saturated heterocycles. The Morgan fingerprint density at radius 3 is 3.04 bits per heavy atom. The average Bonchev–Trinajstić information content (AvgIpc) is 3.11. The third-order valence-electron chi connectivity index (χ3n) is 5.12. The first-order valence-electron chi connectivity index (χ1n) is 8.63. The van der Waals surface area contributed by atoms with Crippen molar-refractivity contribution in [2.24, 2.45) is 5.16 Å². The van der Waals surface area contributed by atoms with Gasteiger partial charge in [0.1, 0.15) is 5.82 Å². The van der Waals surface area contributed by atoms with Gasteiger partial charge >= 0.3 is 0 Å². The van der Waals surface area contributed by atoms with Gasteiger partial charge in [-0.05, 0) is 25.0 Å². The number of amides is 1. The monoisotopic (exact) mass is 332 g/mol. The number of carbonyl (C=O) groups is 1. The molecule has 1 aromatic carbocycles. The van der Waals surface area contributed by atoms with E-state index in [0.717, 1.165) is 25.7 Å². The van der Waals surface area contributed by atoms with Crippen molar-refractivity contribution in [3.63, 3.8) is 0 Å². The predicted octanol–water partition coefficient (Wildman–Crippen LogP) is 2.49. The van der Waals surface area contributed by atoms with Gasteiger partial charge in [-0.3, -0.25) is 4.79 Å². The normalized spacial score (nSPS) is 29.6. The summed E-state index contributed by atoms with van der Waals surface area (Å²) in [6.45, 7) is 1.19. The number of benzene rings is 1. The maximum Gasteiger partial charge on any atom is 0.267 e. The molecule has 0 aromatic heterocycles. The highest BCUT2D eigenvalue weighted by atomic mass is 19.1. The molecule has 0 N–H and O–H groups in total. The summed E-state index contributed by atoms with van der Waals surface area (Å²) in [4.78, 5) is 20.2. The van der Waals surface area contributed by atoms with Crippen LogP contribution in [0.15, 0.2) is 29.4 Å². The molecule has 6 heteroatoms. The Kier molecular flexibility index (Phi) is 4.22. The van der Waals surface area contributed by atoms with Crippen LogP contribution >= 0.6 is 0 Å². The summed E-state index contributed by atoms with van der Waals surface area (Å²) in [7, 11) is 0. The Balaban J connectivity index is 1.44. The fraction of sp³-hybridized carbons (Fsp3) is 0.556. The number of morpholine rings is 1. The number of hydrogen-bond acceptors (Lipinski definition) is 4. The molecule has 0 radical (unpaired) electrons. The lowest BCUT2D eigenvalue weighted by Gasteiger charge is -2.44. The molecule has 4 rings (SSSR count). The third-order valence-corrected chi connectivity index (χ3v) is 5.12. The van der Waals surface area contributed by atoms with Crippen LogP contribution in [0.3, 0.4) is 0 Å². The summed E-state index contributed by atoms with van der Waals surface area (Å²) in [5, 5.41) is 4.02.